The smallest absolute Gasteiger partial charge is 0.0487 e. The van der Waals surface area contributed by atoms with Crippen molar-refractivity contribution in [3.05, 3.63) is 70.8 Å². The van der Waals surface area contributed by atoms with Crippen LogP contribution in [0.25, 0.3) is 11.1 Å². The lowest BCUT2D eigenvalue weighted by atomic mass is 10.0. The molecule has 78 valence electrons. The van der Waals surface area contributed by atoms with Gasteiger partial charge in [0, 0.05) is 5.03 Å². The molecule has 3 rings (SSSR count). The molecule has 0 saturated carbocycles. The van der Waals surface area contributed by atoms with Gasteiger partial charge in [0.25, 0.3) is 0 Å². The van der Waals surface area contributed by atoms with Gasteiger partial charge < -0.3 is 0 Å². The molecule has 0 radical (unpaired) electrons. The Labute approximate surface area is 100 Å². The van der Waals surface area contributed by atoms with Crippen LogP contribution in [0.5, 0.6) is 0 Å². The van der Waals surface area contributed by atoms with Crippen LogP contribution < -0.4 is 0 Å². The number of fused-ring (bicyclic) bond motifs is 2. The topological polar surface area (TPSA) is 0 Å². The summed E-state index contributed by atoms with van der Waals surface area (Å²) in [5, 5.41) is 0.834. The Hall–Kier alpha value is -1.53. The third-order valence-corrected chi connectivity index (χ3v) is 3.31. The van der Waals surface area contributed by atoms with E-state index in [9.17, 15) is 0 Å². The van der Waals surface area contributed by atoms with E-state index in [0.29, 0.717) is 0 Å². The lowest BCUT2D eigenvalue weighted by Gasteiger charge is -2.05. The Morgan fingerprint density at radius 2 is 1.50 bits per heavy atom. The summed E-state index contributed by atoms with van der Waals surface area (Å²) in [6, 6.07) is 16.7. The Kier molecular flexibility index (Phi) is 2.30. The number of benzene rings is 2. The van der Waals surface area contributed by atoms with Crippen LogP contribution in [-0.2, 0) is 6.42 Å². The summed E-state index contributed by atoms with van der Waals surface area (Å²) in [7, 11) is 0. The molecule has 16 heavy (non-hydrogen) atoms. The fourth-order valence-corrected chi connectivity index (χ4v) is 2.46. The Balaban J connectivity index is 2.25. The van der Waals surface area contributed by atoms with Gasteiger partial charge in [-0.1, -0.05) is 60.1 Å². The minimum atomic E-state index is 0.834. The van der Waals surface area contributed by atoms with Crippen molar-refractivity contribution >= 4 is 22.7 Å². The van der Waals surface area contributed by atoms with Crippen LogP contribution in [0.1, 0.15) is 22.3 Å². The zero-order valence-electron chi connectivity index (χ0n) is 8.78. The number of hydrogen-bond donors (Lipinski definition) is 0. The SMILES string of the molecule is ClC1=Cc2ccccc2Cc2ccccc21. The summed E-state index contributed by atoms with van der Waals surface area (Å²) in [6.07, 6.45) is 3.02. The van der Waals surface area contributed by atoms with Crippen molar-refractivity contribution in [2.24, 2.45) is 0 Å². The van der Waals surface area contributed by atoms with Crippen molar-refractivity contribution in [1.82, 2.24) is 0 Å². The van der Waals surface area contributed by atoms with Crippen molar-refractivity contribution in [2.75, 3.05) is 0 Å². The molecule has 1 heteroatoms. The van der Waals surface area contributed by atoms with E-state index < -0.39 is 0 Å². The van der Waals surface area contributed by atoms with E-state index in [4.69, 9.17) is 11.6 Å². The van der Waals surface area contributed by atoms with E-state index in [1.54, 1.807) is 0 Å². The summed E-state index contributed by atoms with van der Waals surface area (Å²) >= 11 is 6.34. The molecular weight excluding hydrogens is 216 g/mol. The lowest BCUT2D eigenvalue weighted by molar-refractivity contribution is 1.18. The van der Waals surface area contributed by atoms with Gasteiger partial charge in [0.15, 0.2) is 0 Å². The predicted octanol–water partition coefficient (Wildman–Crippen LogP) is 4.33. The van der Waals surface area contributed by atoms with Gasteiger partial charge in [-0.15, -0.1) is 0 Å². The maximum Gasteiger partial charge on any atom is 0.0487 e. The molecular formula is C15H11Cl. The molecule has 0 spiro atoms. The standard InChI is InChI=1S/C15H11Cl/c16-15-10-12-6-2-1-5-11(12)9-13-7-3-4-8-14(13)15/h1-8,10H,9H2. The maximum absolute atomic E-state index is 6.34. The molecule has 0 nitrogen and oxygen atoms in total. The summed E-state index contributed by atoms with van der Waals surface area (Å²) in [5.41, 5.74) is 5.02. The molecule has 0 N–H and O–H groups in total. The highest BCUT2D eigenvalue weighted by atomic mass is 35.5. The molecule has 0 saturated heterocycles. The first-order chi connectivity index (χ1) is 7.84. The highest BCUT2D eigenvalue weighted by Gasteiger charge is 2.12. The van der Waals surface area contributed by atoms with Crippen LogP contribution in [0.4, 0.5) is 0 Å². The summed E-state index contributed by atoms with van der Waals surface area (Å²) in [4.78, 5) is 0. The minimum Gasteiger partial charge on any atom is -0.0837 e. The van der Waals surface area contributed by atoms with E-state index in [1.165, 1.54) is 16.7 Å². The Morgan fingerprint density at radius 3 is 2.38 bits per heavy atom. The second-order valence-electron chi connectivity index (χ2n) is 4.03. The van der Waals surface area contributed by atoms with Gasteiger partial charge in [-0.3, -0.25) is 0 Å². The maximum atomic E-state index is 6.34. The van der Waals surface area contributed by atoms with Gasteiger partial charge in [-0.25, -0.2) is 0 Å². The molecule has 0 heterocycles. The first-order valence-corrected chi connectivity index (χ1v) is 5.76. The Morgan fingerprint density at radius 1 is 0.812 bits per heavy atom. The molecule has 0 fully saturated rings. The van der Waals surface area contributed by atoms with Crippen LogP contribution >= 0.6 is 11.6 Å². The van der Waals surface area contributed by atoms with Crippen LogP contribution in [0.3, 0.4) is 0 Å². The second-order valence-corrected chi connectivity index (χ2v) is 4.43. The quantitative estimate of drug-likeness (QED) is 0.627. The van der Waals surface area contributed by atoms with Crippen LogP contribution in [0.15, 0.2) is 48.5 Å². The van der Waals surface area contributed by atoms with Crippen molar-refractivity contribution in [3.8, 4) is 0 Å². The highest BCUT2D eigenvalue weighted by Crippen LogP contribution is 2.31. The summed E-state index contributed by atoms with van der Waals surface area (Å²) < 4.78 is 0. The van der Waals surface area contributed by atoms with E-state index in [0.717, 1.165) is 17.0 Å². The summed E-state index contributed by atoms with van der Waals surface area (Å²) in [5.74, 6) is 0. The second kappa shape index (κ2) is 3.80. The van der Waals surface area contributed by atoms with E-state index in [1.807, 2.05) is 6.07 Å². The fourth-order valence-electron chi connectivity index (χ4n) is 2.16. The first-order valence-electron chi connectivity index (χ1n) is 5.38. The predicted molar refractivity (Wildman–Crippen MR) is 69.4 cm³/mol. The molecule has 0 aliphatic heterocycles. The van der Waals surface area contributed by atoms with Gasteiger partial charge in [0.1, 0.15) is 0 Å². The normalized spacial score (nSPS) is 13.4. The molecule has 0 bridgehead atoms. The van der Waals surface area contributed by atoms with Crippen LogP contribution in [0, 0.1) is 0 Å². The largest absolute Gasteiger partial charge is 0.0837 e. The molecule has 1 aliphatic carbocycles. The molecule has 0 atom stereocenters. The number of hydrogen-bond acceptors (Lipinski definition) is 0. The number of rotatable bonds is 0. The van der Waals surface area contributed by atoms with E-state index in [-0.39, 0.29) is 0 Å². The average Bonchev–Trinajstić information content (AvgIpc) is 2.45. The van der Waals surface area contributed by atoms with Crippen molar-refractivity contribution in [2.45, 2.75) is 6.42 Å². The minimum absolute atomic E-state index is 0.834. The van der Waals surface area contributed by atoms with Crippen molar-refractivity contribution in [1.29, 1.82) is 0 Å². The third kappa shape index (κ3) is 1.56. The average molecular weight is 227 g/mol. The molecule has 0 amide bonds. The molecule has 1 aliphatic rings. The molecule has 0 aromatic heterocycles. The van der Waals surface area contributed by atoms with Gasteiger partial charge in [0.2, 0.25) is 0 Å². The lowest BCUT2D eigenvalue weighted by Crippen LogP contribution is -1.91. The molecule has 2 aromatic carbocycles. The van der Waals surface area contributed by atoms with Crippen molar-refractivity contribution < 1.29 is 0 Å². The van der Waals surface area contributed by atoms with E-state index >= 15 is 0 Å². The molecule has 0 unspecified atom stereocenters. The van der Waals surface area contributed by atoms with Crippen LogP contribution in [-0.4, -0.2) is 0 Å². The first kappa shape index (κ1) is 9.68. The Bertz CT molecular complexity index is 567. The fraction of sp³-hybridized carbons (Fsp3) is 0.0667. The van der Waals surface area contributed by atoms with Gasteiger partial charge in [-0.2, -0.15) is 0 Å². The zero-order valence-corrected chi connectivity index (χ0v) is 9.54. The van der Waals surface area contributed by atoms with E-state index in [2.05, 4.69) is 48.5 Å². The highest BCUT2D eigenvalue weighted by molar-refractivity contribution is 6.51. The summed E-state index contributed by atoms with van der Waals surface area (Å²) in [6.45, 7) is 0. The third-order valence-electron chi connectivity index (χ3n) is 2.99. The van der Waals surface area contributed by atoms with Gasteiger partial charge in [-0.05, 0) is 34.8 Å². The van der Waals surface area contributed by atoms with Crippen LogP contribution in [0.2, 0.25) is 0 Å². The van der Waals surface area contributed by atoms with Crippen molar-refractivity contribution in [3.63, 3.8) is 0 Å². The van der Waals surface area contributed by atoms with Gasteiger partial charge >= 0.3 is 0 Å². The molecule has 2 aromatic rings. The monoisotopic (exact) mass is 226 g/mol. The number of halogens is 1. The van der Waals surface area contributed by atoms with Gasteiger partial charge in [0.05, 0.1) is 0 Å². The zero-order chi connectivity index (χ0) is 11.0.